The second-order valence-electron chi connectivity index (χ2n) is 7.74. The number of carbonyl (C=O) groups is 1. The first kappa shape index (κ1) is 18.4. The molecule has 25 heavy (non-hydrogen) atoms. The highest BCUT2D eigenvalue weighted by Gasteiger charge is 2.29. The predicted octanol–water partition coefficient (Wildman–Crippen LogP) is 3.46. The second kappa shape index (κ2) is 8.81. The van der Waals surface area contributed by atoms with E-state index in [1.807, 2.05) is 4.90 Å². The van der Waals surface area contributed by atoms with Gasteiger partial charge in [0.15, 0.2) is 0 Å². The van der Waals surface area contributed by atoms with Gasteiger partial charge in [-0.3, -0.25) is 9.69 Å². The Labute approximate surface area is 152 Å². The molecule has 4 nitrogen and oxygen atoms in total. The average molecular weight is 344 g/mol. The van der Waals surface area contributed by atoms with Crippen molar-refractivity contribution in [1.29, 1.82) is 0 Å². The Bertz CT molecular complexity index is 532. The van der Waals surface area contributed by atoms with Gasteiger partial charge in [-0.2, -0.15) is 0 Å². The maximum absolute atomic E-state index is 13.0. The highest BCUT2D eigenvalue weighted by molar-refractivity contribution is 5.78. The lowest BCUT2D eigenvalue weighted by molar-refractivity contribution is -0.145. The van der Waals surface area contributed by atoms with Crippen molar-refractivity contribution in [3.63, 3.8) is 0 Å². The molecule has 4 heteroatoms. The summed E-state index contributed by atoms with van der Waals surface area (Å²) in [7, 11) is 0. The maximum atomic E-state index is 13.0. The summed E-state index contributed by atoms with van der Waals surface area (Å²) in [5, 5.41) is 0. The standard InChI is InChI=1S/C21H32N2O2/c1-17-13-23(14-18(2)25-17)21(24)16-22(20-11-7-4-8-12-20)15-19-9-5-3-6-10-19/h3,5-6,9-10,17-18,20H,4,7-8,11-16H2,1-2H3. The molecule has 0 aromatic heterocycles. The summed E-state index contributed by atoms with van der Waals surface area (Å²) in [5.74, 6) is 0.253. The van der Waals surface area contributed by atoms with Crippen LogP contribution in [0.25, 0.3) is 0 Å². The highest BCUT2D eigenvalue weighted by Crippen LogP contribution is 2.24. The van der Waals surface area contributed by atoms with Crippen LogP contribution in [-0.4, -0.2) is 53.6 Å². The number of nitrogens with zero attached hydrogens (tertiary/aromatic N) is 2. The van der Waals surface area contributed by atoms with Crippen LogP contribution in [0.4, 0.5) is 0 Å². The first-order chi connectivity index (χ1) is 12.1. The normalized spacial score (nSPS) is 25.3. The van der Waals surface area contributed by atoms with Gasteiger partial charge in [-0.25, -0.2) is 0 Å². The van der Waals surface area contributed by atoms with Crippen LogP contribution < -0.4 is 0 Å². The topological polar surface area (TPSA) is 32.8 Å². The van der Waals surface area contributed by atoms with Gasteiger partial charge in [-0.15, -0.1) is 0 Å². The van der Waals surface area contributed by atoms with Crippen LogP contribution in [0.2, 0.25) is 0 Å². The molecule has 3 rings (SSSR count). The molecule has 1 heterocycles. The minimum absolute atomic E-state index is 0.130. The Kier molecular flexibility index (Phi) is 6.49. The number of amides is 1. The van der Waals surface area contributed by atoms with Crippen molar-refractivity contribution in [3.8, 4) is 0 Å². The molecule has 0 spiro atoms. The van der Waals surface area contributed by atoms with Gasteiger partial charge in [0.1, 0.15) is 0 Å². The van der Waals surface area contributed by atoms with Crippen LogP contribution in [0.15, 0.2) is 30.3 Å². The molecule has 1 aromatic rings. The van der Waals surface area contributed by atoms with Crippen molar-refractivity contribution in [1.82, 2.24) is 9.80 Å². The Balaban J connectivity index is 1.66. The second-order valence-corrected chi connectivity index (χ2v) is 7.74. The Hall–Kier alpha value is -1.39. The molecular weight excluding hydrogens is 312 g/mol. The van der Waals surface area contributed by atoms with Gasteiger partial charge in [0.2, 0.25) is 5.91 Å². The SMILES string of the molecule is CC1CN(C(=O)CN(Cc2ccccc2)C2CCCCC2)CC(C)O1. The van der Waals surface area contributed by atoms with Crippen LogP contribution in [0, 0.1) is 0 Å². The average Bonchev–Trinajstić information content (AvgIpc) is 2.62. The lowest BCUT2D eigenvalue weighted by Crippen LogP contribution is -2.52. The zero-order valence-electron chi connectivity index (χ0n) is 15.7. The maximum Gasteiger partial charge on any atom is 0.236 e. The molecule has 2 atom stereocenters. The van der Waals surface area contributed by atoms with Crippen LogP contribution in [0.3, 0.4) is 0 Å². The molecule has 1 saturated carbocycles. The van der Waals surface area contributed by atoms with Crippen molar-refractivity contribution >= 4 is 5.91 Å². The van der Waals surface area contributed by atoms with Gasteiger partial charge in [0, 0.05) is 25.7 Å². The summed E-state index contributed by atoms with van der Waals surface area (Å²) in [6.45, 7) is 6.93. The van der Waals surface area contributed by atoms with Crippen molar-refractivity contribution in [3.05, 3.63) is 35.9 Å². The van der Waals surface area contributed by atoms with Gasteiger partial charge >= 0.3 is 0 Å². The molecule has 0 radical (unpaired) electrons. The Morgan fingerprint density at radius 2 is 1.72 bits per heavy atom. The lowest BCUT2D eigenvalue weighted by atomic mass is 9.93. The summed E-state index contributed by atoms with van der Waals surface area (Å²) in [5.41, 5.74) is 1.30. The smallest absolute Gasteiger partial charge is 0.236 e. The van der Waals surface area contributed by atoms with E-state index < -0.39 is 0 Å². The number of hydrogen-bond acceptors (Lipinski definition) is 3. The fraction of sp³-hybridized carbons (Fsp3) is 0.667. The largest absolute Gasteiger partial charge is 0.372 e. The van der Waals surface area contributed by atoms with E-state index >= 15 is 0 Å². The third kappa shape index (κ3) is 5.29. The van der Waals surface area contributed by atoms with E-state index in [0.717, 1.165) is 6.54 Å². The van der Waals surface area contributed by atoms with Crippen molar-refractivity contribution < 1.29 is 9.53 Å². The van der Waals surface area contributed by atoms with Crippen LogP contribution in [0.5, 0.6) is 0 Å². The van der Waals surface area contributed by atoms with Gasteiger partial charge in [-0.05, 0) is 32.3 Å². The van der Waals surface area contributed by atoms with E-state index in [9.17, 15) is 4.79 Å². The number of rotatable bonds is 5. The van der Waals surface area contributed by atoms with E-state index in [2.05, 4.69) is 49.1 Å². The highest BCUT2D eigenvalue weighted by atomic mass is 16.5. The van der Waals surface area contributed by atoms with Crippen molar-refractivity contribution in [2.45, 2.75) is 70.7 Å². The number of benzene rings is 1. The van der Waals surface area contributed by atoms with Gasteiger partial charge in [0.05, 0.1) is 18.8 Å². The van der Waals surface area contributed by atoms with Gasteiger partial charge in [0.25, 0.3) is 0 Å². The molecule has 0 bridgehead atoms. The molecule has 2 unspecified atom stereocenters. The number of hydrogen-bond donors (Lipinski definition) is 0. The van der Waals surface area contributed by atoms with Gasteiger partial charge in [-0.1, -0.05) is 49.6 Å². The summed E-state index contributed by atoms with van der Waals surface area (Å²) >= 11 is 0. The zero-order valence-corrected chi connectivity index (χ0v) is 15.7. The minimum Gasteiger partial charge on any atom is -0.372 e. The molecule has 2 aliphatic rings. The fourth-order valence-corrected chi connectivity index (χ4v) is 4.23. The number of morpholine rings is 1. The molecule has 138 valence electrons. The molecule has 1 aliphatic carbocycles. The number of ether oxygens (including phenoxy) is 1. The monoisotopic (exact) mass is 344 g/mol. The van der Waals surface area contributed by atoms with Crippen LogP contribution in [0.1, 0.15) is 51.5 Å². The van der Waals surface area contributed by atoms with Crippen LogP contribution >= 0.6 is 0 Å². The fourth-order valence-electron chi connectivity index (χ4n) is 4.23. The van der Waals surface area contributed by atoms with Crippen LogP contribution in [-0.2, 0) is 16.1 Å². The Morgan fingerprint density at radius 1 is 1.08 bits per heavy atom. The molecule has 1 aromatic carbocycles. The summed E-state index contributed by atoms with van der Waals surface area (Å²) in [6, 6.07) is 11.1. The molecular formula is C21H32N2O2. The molecule has 2 fully saturated rings. The molecule has 1 amide bonds. The lowest BCUT2D eigenvalue weighted by Gasteiger charge is -2.38. The van der Waals surface area contributed by atoms with E-state index in [-0.39, 0.29) is 18.1 Å². The third-order valence-electron chi connectivity index (χ3n) is 5.43. The Morgan fingerprint density at radius 3 is 2.36 bits per heavy atom. The summed E-state index contributed by atoms with van der Waals surface area (Å²) in [6.07, 6.45) is 6.61. The van der Waals surface area contributed by atoms with E-state index in [0.29, 0.717) is 25.7 Å². The quantitative estimate of drug-likeness (QED) is 0.820. The van der Waals surface area contributed by atoms with Gasteiger partial charge < -0.3 is 9.64 Å². The molecule has 1 aliphatic heterocycles. The van der Waals surface area contributed by atoms with E-state index in [1.165, 1.54) is 37.7 Å². The molecule has 0 N–H and O–H groups in total. The summed E-state index contributed by atoms with van der Waals surface area (Å²) in [4.78, 5) is 17.4. The van der Waals surface area contributed by atoms with E-state index in [4.69, 9.17) is 4.74 Å². The van der Waals surface area contributed by atoms with E-state index in [1.54, 1.807) is 0 Å². The number of carbonyl (C=O) groups excluding carboxylic acids is 1. The zero-order chi connectivity index (χ0) is 17.6. The first-order valence-corrected chi connectivity index (χ1v) is 9.83. The third-order valence-corrected chi connectivity index (χ3v) is 5.43. The van der Waals surface area contributed by atoms with Crippen molar-refractivity contribution in [2.75, 3.05) is 19.6 Å². The minimum atomic E-state index is 0.130. The summed E-state index contributed by atoms with van der Waals surface area (Å²) < 4.78 is 5.78. The van der Waals surface area contributed by atoms with Crippen molar-refractivity contribution in [2.24, 2.45) is 0 Å². The molecule has 1 saturated heterocycles. The predicted molar refractivity (Wildman–Crippen MR) is 100 cm³/mol. The first-order valence-electron chi connectivity index (χ1n) is 9.83.